The highest BCUT2D eigenvalue weighted by Crippen LogP contribution is 2.21. The molecule has 2 aromatic heterocycles. The van der Waals surface area contributed by atoms with Crippen LogP contribution in [0.1, 0.15) is 0 Å². The van der Waals surface area contributed by atoms with Gasteiger partial charge in [0.25, 0.3) is 0 Å². The van der Waals surface area contributed by atoms with Crippen molar-refractivity contribution in [3.8, 4) is 10.7 Å². The van der Waals surface area contributed by atoms with Gasteiger partial charge in [0, 0.05) is 6.20 Å². The van der Waals surface area contributed by atoms with Crippen molar-refractivity contribution in [2.45, 2.75) is 0 Å². The molecule has 0 saturated heterocycles. The molecule has 0 bridgehead atoms. The maximum Gasteiger partial charge on any atom is 0.203 e. The summed E-state index contributed by atoms with van der Waals surface area (Å²) >= 11 is 1.33. The zero-order valence-corrected chi connectivity index (χ0v) is 6.95. The van der Waals surface area contributed by atoms with Gasteiger partial charge in [-0.3, -0.25) is 4.98 Å². The molecule has 5 heteroatoms. The van der Waals surface area contributed by atoms with Gasteiger partial charge in [-0.05, 0) is 12.1 Å². The van der Waals surface area contributed by atoms with E-state index in [1.54, 1.807) is 6.20 Å². The Balaban J connectivity index is 2.45. The van der Waals surface area contributed by atoms with Crippen molar-refractivity contribution >= 4 is 16.5 Å². The molecule has 0 unspecified atom stereocenters. The molecule has 0 fully saturated rings. The van der Waals surface area contributed by atoms with Gasteiger partial charge in [0.2, 0.25) is 5.13 Å². The highest BCUT2D eigenvalue weighted by molar-refractivity contribution is 7.18. The van der Waals surface area contributed by atoms with E-state index in [-0.39, 0.29) is 0 Å². The summed E-state index contributed by atoms with van der Waals surface area (Å²) < 4.78 is 0. The van der Waals surface area contributed by atoms with Gasteiger partial charge in [-0.25, -0.2) is 0 Å². The summed E-state index contributed by atoms with van der Waals surface area (Å²) in [4.78, 5) is 4.11. The third-order valence-corrected chi connectivity index (χ3v) is 2.10. The van der Waals surface area contributed by atoms with Crippen LogP contribution in [0.25, 0.3) is 10.7 Å². The van der Waals surface area contributed by atoms with Crippen LogP contribution in [0.4, 0.5) is 5.13 Å². The Morgan fingerprint density at radius 3 is 2.75 bits per heavy atom. The number of nitrogen functional groups attached to an aromatic ring is 1. The van der Waals surface area contributed by atoms with Gasteiger partial charge in [-0.2, -0.15) is 0 Å². The number of hydrogen-bond acceptors (Lipinski definition) is 5. The fourth-order valence-electron chi connectivity index (χ4n) is 0.827. The average Bonchev–Trinajstić information content (AvgIpc) is 2.54. The molecule has 0 saturated carbocycles. The molecule has 12 heavy (non-hydrogen) atoms. The highest BCUT2D eigenvalue weighted by atomic mass is 32.1. The van der Waals surface area contributed by atoms with E-state index in [9.17, 15) is 0 Å². The first-order valence-electron chi connectivity index (χ1n) is 3.36. The van der Waals surface area contributed by atoms with Crippen molar-refractivity contribution in [1.82, 2.24) is 15.2 Å². The fourth-order valence-corrected chi connectivity index (χ4v) is 1.41. The van der Waals surface area contributed by atoms with Gasteiger partial charge in [0.15, 0.2) is 5.01 Å². The lowest BCUT2D eigenvalue weighted by atomic mass is 10.4. The lowest BCUT2D eigenvalue weighted by molar-refractivity contribution is 1.09. The van der Waals surface area contributed by atoms with Gasteiger partial charge >= 0.3 is 0 Å². The fraction of sp³-hybridized carbons (Fsp3) is 0. The zero-order valence-electron chi connectivity index (χ0n) is 6.14. The van der Waals surface area contributed by atoms with Gasteiger partial charge in [0.1, 0.15) is 5.69 Å². The molecule has 0 aromatic carbocycles. The van der Waals surface area contributed by atoms with E-state index in [2.05, 4.69) is 15.2 Å². The molecule has 0 atom stereocenters. The second-order valence-electron chi connectivity index (χ2n) is 2.16. The number of nitrogens with zero attached hydrogens (tertiary/aromatic N) is 3. The van der Waals surface area contributed by atoms with Crippen LogP contribution >= 0.6 is 11.3 Å². The molecular formula is C7H6N4S. The average molecular weight is 178 g/mol. The second-order valence-corrected chi connectivity index (χ2v) is 3.17. The number of pyridine rings is 1. The van der Waals surface area contributed by atoms with Crippen molar-refractivity contribution in [2.75, 3.05) is 5.73 Å². The number of nitrogens with two attached hydrogens (primary N) is 1. The van der Waals surface area contributed by atoms with Gasteiger partial charge in [0.05, 0.1) is 0 Å². The van der Waals surface area contributed by atoms with E-state index in [0.717, 1.165) is 10.7 Å². The normalized spacial score (nSPS) is 10.0. The topological polar surface area (TPSA) is 64.7 Å². The molecular weight excluding hydrogens is 172 g/mol. The summed E-state index contributed by atoms with van der Waals surface area (Å²) in [5.74, 6) is 0. The molecule has 0 aliphatic rings. The minimum atomic E-state index is 0.468. The van der Waals surface area contributed by atoms with Crippen LogP contribution in [0.3, 0.4) is 0 Å². The Labute approximate surface area is 73.1 Å². The Kier molecular flexibility index (Phi) is 1.71. The number of anilines is 1. The molecule has 0 spiro atoms. The van der Waals surface area contributed by atoms with E-state index in [4.69, 9.17) is 5.73 Å². The monoisotopic (exact) mass is 178 g/mol. The molecule has 0 radical (unpaired) electrons. The Hall–Kier alpha value is -1.49. The predicted octanol–water partition coefficient (Wildman–Crippen LogP) is 1.18. The number of aromatic nitrogens is 3. The molecule has 0 aliphatic carbocycles. The number of rotatable bonds is 1. The van der Waals surface area contributed by atoms with Crippen LogP contribution < -0.4 is 5.73 Å². The summed E-state index contributed by atoms with van der Waals surface area (Å²) in [6.07, 6.45) is 1.72. The molecule has 0 amide bonds. The van der Waals surface area contributed by atoms with Crippen molar-refractivity contribution < 1.29 is 0 Å². The molecule has 2 heterocycles. The summed E-state index contributed by atoms with van der Waals surface area (Å²) in [5, 5.41) is 8.79. The maximum absolute atomic E-state index is 5.43. The van der Waals surface area contributed by atoms with Crippen molar-refractivity contribution in [2.24, 2.45) is 0 Å². The summed E-state index contributed by atoms with van der Waals surface area (Å²) in [7, 11) is 0. The summed E-state index contributed by atoms with van der Waals surface area (Å²) in [6.45, 7) is 0. The van der Waals surface area contributed by atoms with E-state index in [1.807, 2.05) is 18.2 Å². The molecule has 0 aliphatic heterocycles. The third kappa shape index (κ3) is 1.26. The molecule has 2 aromatic rings. The lowest BCUT2D eigenvalue weighted by Gasteiger charge is -1.89. The van der Waals surface area contributed by atoms with Crippen LogP contribution in [-0.2, 0) is 0 Å². The van der Waals surface area contributed by atoms with E-state index < -0.39 is 0 Å². The summed E-state index contributed by atoms with van der Waals surface area (Å²) in [6, 6.07) is 5.63. The third-order valence-electron chi connectivity index (χ3n) is 1.32. The van der Waals surface area contributed by atoms with E-state index >= 15 is 0 Å². The minimum Gasteiger partial charge on any atom is -0.374 e. The largest absolute Gasteiger partial charge is 0.374 e. The quantitative estimate of drug-likeness (QED) is 0.712. The van der Waals surface area contributed by atoms with Crippen LogP contribution in [0.5, 0.6) is 0 Å². The smallest absolute Gasteiger partial charge is 0.203 e. The van der Waals surface area contributed by atoms with Crippen molar-refractivity contribution in [3.63, 3.8) is 0 Å². The van der Waals surface area contributed by atoms with Crippen LogP contribution in [-0.4, -0.2) is 15.2 Å². The van der Waals surface area contributed by atoms with E-state index in [0.29, 0.717) is 5.13 Å². The predicted molar refractivity (Wildman–Crippen MR) is 47.6 cm³/mol. The maximum atomic E-state index is 5.43. The first kappa shape index (κ1) is 7.17. The Bertz CT molecular complexity index is 370. The first-order valence-corrected chi connectivity index (χ1v) is 4.18. The Morgan fingerprint density at radius 1 is 1.25 bits per heavy atom. The highest BCUT2D eigenvalue weighted by Gasteiger charge is 2.03. The lowest BCUT2D eigenvalue weighted by Crippen LogP contribution is -1.81. The second kappa shape index (κ2) is 2.86. The molecule has 2 rings (SSSR count). The zero-order chi connectivity index (χ0) is 8.39. The summed E-state index contributed by atoms with van der Waals surface area (Å²) in [5.41, 5.74) is 6.24. The van der Waals surface area contributed by atoms with Gasteiger partial charge in [-0.15, -0.1) is 10.2 Å². The minimum absolute atomic E-state index is 0.468. The van der Waals surface area contributed by atoms with Crippen LogP contribution in [0, 0.1) is 0 Å². The van der Waals surface area contributed by atoms with Crippen LogP contribution in [0.15, 0.2) is 24.4 Å². The van der Waals surface area contributed by atoms with Crippen molar-refractivity contribution in [1.29, 1.82) is 0 Å². The first-order chi connectivity index (χ1) is 5.86. The SMILES string of the molecule is Nc1nnc(-c2ccccn2)s1. The number of hydrogen-bond donors (Lipinski definition) is 1. The standard InChI is InChI=1S/C7H6N4S/c8-7-11-10-6(12-7)5-3-1-2-4-9-5/h1-4H,(H2,8,11). The Morgan fingerprint density at radius 2 is 2.17 bits per heavy atom. The van der Waals surface area contributed by atoms with Gasteiger partial charge < -0.3 is 5.73 Å². The molecule has 4 nitrogen and oxygen atoms in total. The molecule has 2 N–H and O–H groups in total. The van der Waals surface area contributed by atoms with Gasteiger partial charge in [-0.1, -0.05) is 17.4 Å². The van der Waals surface area contributed by atoms with Crippen molar-refractivity contribution in [3.05, 3.63) is 24.4 Å². The molecule has 60 valence electrons. The van der Waals surface area contributed by atoms with Crippen LogP contribution in [0.2, 0.25) is 0 Å². The van der Waals surface area contributed by atoms with E-state index in [1.165, 1.54) is 11.3 Å².